The topological polar surface area (TPSA) is 79.8 Å². The fourth-order valence-electron chi connectivity index (χ4n) is 2.22. The van der Waals surface area contributed by atoms with Gasteiger partial charge in [-0.15, -0.1) is 0 Å². The van der Waals surface area contributed by atoms with E-state index in [9.17, 15) is 4.57 Å². The van der Waals surface area contributed by atoms with Crippen LogP contribution in [0.3, 0.4) is 0 Å². The third-order valence-corrected chi connectivity index (χ3v) is 4.73. The van der Waals surface area contributed by atoms with E-state index in [1.54, 1.807) is 0 Å². The van der Waals surface area contributed by atoms with Gasteiger partial charge in [-0.1, -0.05) is 44.9 Å². The minimum atomic E-state index is -3.31. The lowest BCUT2D eigenvalue weighted by atomic mass is 9.99. The summed E-state index contributed by atoms with van der Waals surface area (Å²) in [6, 6.07) is 0. The molecule has 1 aliphatic carbocycles. The molecule has 0 unspecified atom stereocenters. The van der Waals surface area contributed by atoms with Crippen molar-refractivity contribution < 1.29 is 18.1 Å². The summed E-state index contributed by atoms with van der Waals surface area (Å²) in [5.41, 5.74) is 0. The van der Waals surface area contributed by atoms with Crippen LogP contribution in [0.4, 0.5) is 0 Å². The Morgan fingerprint density at radius 1 is 0.833 bits per heavy atom. The van der Waals surface area contributed by atoms with Gasteiger partial charge < -0.3 is 6.15 Å². The van der Waals surface area contributed by atoms with Gasteiger partial charge in [0.1, 0.15) is 0 Å². The Morgan fingerprint density at radius 2 is 1.22 bits per heavy atom. The predicted molar refractivity (Wildman–Crippen MR) is 73.1 cm³/mol. The molecule has 0 radical (unpaired) electrons. The van der Waals surface area contributed by atoms with Crippen LogP contribution in [0.25, 0.3) is 0 Å². The molecule has 0 aromatic rings. The van der Waals surface area contributed by atoms with Gasteiger partial charge in [0, 0.05) is 14.2 Å². The van der Waals surface area contributed by atoms with E-state index < -0.39 is 7.82 Å². The highest BCUT2D eigenvalue weighted by atomic mass is 31.2. The first-order valence-corrected chi connectivity index (χ1v) is 8.06. The van der Waals surface area contributed by atoms with Crippen LogP contribution >= 0.6 is 7.82 Å². The van der Waals surface area contributed by atoms with Crippen molar-refractivity contribution in [2.75, 3.05) is 14.2 Å². The van der Waals surface area contributed by atoms with Gasteiger partial charge in [-0.05, 0) is 12.8 Å². The first-order chi connectivity index (χ1) is 8.20. The highest BCUT2D eigenvalue weighted by Crippen LogP contribution is 2.49. The Balaban J connectivity index is 0.00000289. The smallest absolute Gasteiger partial charge is 0.344 e. The molecule has 3 N–H and O–H groups in total. The summed E-state index contributed by atoms with van der Waals surface area (Å²) in [5.74, 6) is 0. The van der Waals surface area contributed by atoms with Gasteiger partial charge in [-0.25, -0.2) is 4.57 Å². The van der Waals surface area contributed by atoms with Gasteiger partial charge >= 0.3 is 7.82 Å². The van der Waals surface area contributed by atoms with Gasteiger partial charge in [0.2, 0.25) is 0 Å². The van der Waals surface area contributed by atoms with E-state index in [0.29, 0.717) is 0 Å². The van der Waals surface area contributed by atoms with Crippen LogP contribution in [0, 0.1) is 0 Å². The highest BCUT2D eigenvalue weighted by Gasteiger charge is 2.27. The number of rotatable bonds is 4. The number of hydrogen-bond donors (Lipinski definition) is 1. The largest absolute Gasteiger partial charge is 0.474 e. The lowest BCUT2D eigenvalue weighted by Gasteiger charge is -2.22. The minimum Gasteiger partial charge on any atom is -0.344 e. The summed E-state index contributed by atoms with van der Waals surface area (Å²) in [6.07, 6.45) is 10.6. The predicted octanol–water partition coefficient (Wildman–Crippen LogP) is 4.46. The van der Waals surface area contributed by atoms with Crippen molar-refractivity contribution in [2.45, 2.75) is 63.9 Å². The molecule has 1 fully saturated rings. The highest BCUT2D eigenvalue weighted by molar-refractivity contribution is 7.48. The van der Waals surface area contributed by atoms with Gasteiger partial charge in [-0.3, -0.25) is 13.6 Å². The van der Waals surface area contributed by atoms with Crippen LogP contribution in [0.5, 0.6) is 0 Å². The van der Waals surface area contributed by atoms with Crippen molar-refractivity contribution in [2.24, 2.45) is 0 Å². The summed E-state index contributed by atoms with van der Waals surface area (Å²) in [5, 5.41) is 0. The maximum absolute atomic E-state index is 11.9. The molecular weight excluding hydrogens is 253 g/mol. The molecule has 0 bridgehead atoms. The summed E-state index contributed by atoms with van der Waals surface area (Å²) in [4.78, 5) is 0. The van der Waals surface area contributed by atoms with Crippen LogP contribution in [0.2, 0.25) is 0 Å². The fraction of sp³-hybridized carbons (Fsp3) is 1.00. The molecule has 18 heavy (non-hydrogen) atoms. The second kappa shape index (κ2) is 9.93. The molecule has 0 atom stereocenters. The molecule has 0 aromatic carbocycles. The average Bonchev–Trinajstić information content (AvgIpc) is 2.37. The van der Waals surface area contributed by atoms with E-state index in [4.69, 9.17) is 13.6 Å². The fourth-order valence-corrected chi connectivity index (χ4v) is 3.12. The van der Waals surface area contributed by atoms with E-state index in [0.717, 1.165) is 25.7 Å². The molecule has 5 nitrogen and oxygen atoms in total. The third kappa shape index (κ3) is 6.86. The van der Waals surface area contributed by atoms with Crippen LogP contribution in [-0.4, -0.2) is 20.3 Å². The summed E-state index contributed by atoms with van der Waals surface area (Å²) >= 11 is 0. The van der Waals surface area contributed by atoms with Crippen molar-refractivity contribution in [3.05, 3.63) is 0 Å². The van der Waals surface area contributed by atoms with Crippen LogP contribution in [-0.2, 0) is 18.1 Å². The van der Waals surface area contributed by atoms with Crippen LogP contribution in [0.15, 0.2) is 0 Å². The van der Waals surface area contributed by atoms with Gasteiger partial charge in [-0.2, -0.15) is 0 Å². The molecule has 6 heteroatoms. The molecule has 1 aliphatic rings. The zero-order valence-electron chi connectivity index (χ0n) is 11.7. The quantitative estimate of drug-likeness (QED) is 0.769. The van der Waals surface area contributed by atoms with Crippen molar-refractivity contribution in [1.29, 1.82) is 0 Å². The lowest BCUT2D eigenvalue weighted by molar-refractivity contribution is 0.0907. The second-order valence-corrected chi connectivity index (χ2v) is 6.43. The monoisotopic (exact) mass is 281 g/mol. The second-order valence-electron chi connectivity index (χ2n) is 4.59. The van der Waals surface area contributed by atoms with E-state index >= 15 is 0 Å². The summed E-state index contributed by atoms with van der Waals surface area (Å²) in [6.45, 7) is 0. The first kappa shape index (κ1) is 18.1. The molecule has 0 saturated heterocycles. The van der Waals surface area contributed by atoms with E-state index in [2.05, 4.69) is 0 Å². The Bertz CT molecular complexity index is 232. The Morgan fingerprint density at radius 3 is 1.61 bits per heavy atom. The zero-order valence-corrected chi connectivity index (χ0v) is 12.6. The standard InChI is InChI=1S/C12H25O4P.H3N/c1-14-17(13,15-2)16-12-10-8-6-4-3-5-7-9-11-12;/h12H,3-11H2,1-2H3;1H3. The van der Waals surface area contributed by atoms with Crippen LogP contribution < -0.4 is 6.15 Å². The molecule has 0 aromatic heterocycles. The maximum Gasteiger partial charge on any atom is 0.474 e. The van der Waals surface area contributed by atoms with E-state index in [-0.39, 0.29) is 12.3 Å². The average molecular weight is 281 g/mol. The lowest BCUT2D eigenvalue weighted by Crippen LogP contribution is -2.13. The Labute approximate surface area is 111 Å². The molecule has 1 saturated carbocycles. The van der Waals surface area contributed by atoms with Gasteiger partial charge in [0.25, 0.3) is 0 Å². The van der Waals surface area contributed by atoms with E-state index in [1.807, 2.05) is 0 Å². The van der Waals surface area contributed by atoms with Crippen molar-refractivity contribution >= 4 is 7.82 Å². The number of hydrogen-bond acceptors (Lipinski definition) is 5. The molecular formula is C12H28NO4P. The van der Waals surface area contributed by atoms with Gasteiger partial charge in [0.05, 0.1) is 6.10 Å². The molecule has 110 valence electrons. The summed E-state index contributed by atoms with van der Waals surface area (Å²) < 4.78 is 27.1. The first-order valence-electron chi connectivity index (χ1n) is 6.60. The van der Waals surface area contributed by atoms with Crippen molar-refractivity contribution in [1.82, 2.24) is 6.15 Å². The number of phosphoric ester groups is 1. The SMILES string of the molecule is COP(=O)(OC)OC1CCCCCCCCC1.N. The van der Waals surface area contributed by atoms with Crippen molar-refractivity contribution in [3.63, 3.8) is 0 Å². The maximum atomic E-state index is 11.9. The van der Waals surface area contributed by atoms with Crippen LogP contribution in [0.1, 0.15) is 57.8 Å². The molecule has 0 amide bonds. The zero-order chi connectivity index (χ0) is 12.6. The molecule has 0 aliphatic heterocycles. The normalized spacial score (nSPS) is 20.1. The number of phosphoric acid groups is 1. The Hall–Kier alpha value is 0.0700. The molecule has 0 heterocycles. The van der Waals surface area contributed by atoms with Gasteiger partial charge in [0.15, 0.2) is 0 Å². The molecule has 1 rings (SSSR count). The Kier molecular flexibility index (Phi) is 9.97. The minimum absolute atomic E-state index is 0. The molecule has 0 spiro atoms. The third-order valence-electron chi connectivity index (χ3n) is 3.28. The van der Waals surface area contributed by atoms with Crippen molar-refractivity contribution in [3.8, 4) is 0 Å². The summed E-state index contributed by atoms with van der Waals surface area (Å²) in [7, 11) is -0.577. The van der Waals surface area contributed by atoms with E-state index in [1.165, 1.54) is 46.3 Å².